The second-order valence-corrected chi connectivity index (χ2v) is 9.38. The van der Waals surface area contributed by atoms with Gasteiger partial charge in [0.15, 0.2) is 9.84 Å². The molecule has 0 aromatic heterocycles. The molecule has 138 valence electrons. The van der Waals surface area contributed by atoms with Crippen LogP contribution in [-0.4, -0.2) is 30.5 Å². The summed E-state index contributed by atoms with van der Waals surface area (Å²) in [5.41, 5.74) is 0.891. The zero-order valence-corrected chi connectivity index (χ0v) is 15.7. The summed E-state index contributed by atoms with van der Waals surface area (Å²) in [4.78, 5) is 14.8. The van der Waals surface area contributed by atoms with Gasteiger partial charge in [-0.1, -0.05) is 18.2 Å². The number of rotatable bonds is 6. The van der Waals surface area contributed by atoms with Crippen molar-refractivity contribution < 1.29 is 17.6 Å². The molecule has 1 aliphatic rings. The molecular weight excluding hydrogens is 353 g/mol. The average Bonchev–Trinajstić information content (AvgIpc) is 3.45. The van der Waals surface area contributed by atoms with Gasteiger partial charge in [-0.2, -0.15) is 0 Å². The Labute approximate surface area is 153 Å². The van der Waals surface area contributed by atoms with Gasteiger partial charge in [-0.05, 0) is 57.0 Å². The molecule has 0 unspecified atom stereocenters. The van der Waals surface area contributed by atoms with Crippen LogP contribution in [0.1, 0.15) is 42.6 Å². The smallest absolute Gasteiger partial charge is 0.254 e. The van der Waals surface area contributed by atoms with Gasteiger partial charge in [-0.3, -0.25) is 4.79 Å². The van der Waals surface area contributed by atoms with E-state index in [0.717, 1.165) is 12.8 Å². The summed E-state index contributed by atoms with van der Waals surface area (Å²) < 4.78 is 38.4. The van der Waals surface area contributed by atoms with Crippen LogP contribution in [-0.2, 0) is 16.4 Å². The SMILES string of the molecule is CC(C)S(=O)(=O)c1ccc(C(=O)N(Cc2ccccc2F)C2CC2)cc1. The lowest BCUT2D eigenvalue weighted by Crippen LogP contribution is -2.33. The van der Waals surface area contributed by atoms with Crippen molar-refractivity contribution >= 4 is 15.7 Å². The molecule has 0 atom stereocenters. The first-order valence-corrected chi connectivity index (χ1v) is 10.2. The highest BCUT2D eigenvalue weighted by Crippen LogP contribution is 2.30. The summed E-state index contributed by atoms with van der Waals surface area (Å²) in [6.45, 7) is 3.46. The number of amides is 1. The van der Waals surface area contributed by atoms with E-state index in [1.165, 1.54) is 30.3 Å². The number of carbonyl (C=O) groups is 1. The van der Waals surface area contributed by atoms with Crippen LogP contribution in [0.2, 0.25) is 0 Å². The monoisotopic (exact) mass is 375 g/mol. The van der Waals surface area contributed by atoms with Crippen molar-refractivity contribution in [2.45, 2.75) is 49.4 Å². The highest BCUT2D eigenvalue weighted by molar-refractivity contribution is 7.92. The molecule has 0 heterocycles. The summed E-state index contributed by atoms with van der Waals surface area (Å²) in [5, 5.41) is -0.520. The van der Waals surface area contributed by atoms with E-state index < -0.39 is 15.1 Å². The third-order valence-electron chi connectivity index (χ3n) is 4.60. The van der Waals surface area contributed by atoms with Gasteiger partial charge in [0.2, 0.25) is 0 Å². The Morgan fingerprint density at radius 2 is 1.73 bits per heavy atom. The maximum absolute atomic E-state index is 14.0. The lowest BCUT2D eigenvalue weighted by atomic mass is 10.1. The quantitative estimate of drug-likeness (QED) is 0.771. The summed E-state index contributed by atoms with van der Waals surface area (Å²) in [7, 11) is -3.37. The van der Waals surface area contributed by atoms with Crippen molar-refractivity contribution in [1.29, 1.82) is 0 Å². The van der Waals surface area contributed by atoms with E-state index in [2.05, 4.69) is 0 Å². The Kier molecular flexibility index (Phi) is 5.14. The number of halogens is 1. The fraction of sp³-hybridized carbons (Fsp3) is 0.350. The van der Waals surface area contributed by atoms with Gasteiger partial charge in [-0.25, -0.2) is 12.8 Å². The van der Waals surface area contributed by atoms with Gasteiger partial charge in [0.05, 0.1) is 10.1 Å². The fourth-order valence-corrected chi connectivity index (χ4v) is 3.85. The highest BCUT2D eigenvalue weighted by atomic mass is 32.2. The third-order valence-corrected chi connectivity index (χ3v) is 6.77. The first-order chi connectivity index (χ1) is 12.3. The van der Waals surface area contributed by atoms with Gasteiger partial charge in [0.1, 0.15) is 5.82 Å². The summed E-state index contributed by atoms with van der Waals surface area (Å²) in [6.07, 6.45) is 1.81. The van der Waals surface area contributed by atoms with Gasteiger partial charge >= 0.3 is 0 Å². The zero-order valence-electron chi connectivity index (χ0n) is 14.9. The van der Waals surface area contributed by atoms with Crippen LogP contribution in [0.5, 0.6) is 0 Å². The van der Waals surface area contributed by atoms with Crippen LogP contribution < -0.4 is 0 Å². The van der Waals surface area contributed by atoms with E-state index in [4.69, 9.17) is 0 Å². The van der Waals surface area contributed by atoms with Crippen LogP contribution >= 0.6 is 0 Å². The minimum atomic E-state index is -3.37. The Morgan fingerprint density at radius 1 is 1.12 bits per heavy atom. The summed E-state index contributed by atoms with van der Waals surface area (Å²) in [5.74, 6) is -0.534. The second-order valence-electron chi connectivity index (χ2n) is 6.87. The van der Waals surface area contributed by atoms with E-state index >= 15 is 0 Å². The molecule has 2 aromatic carbocycles. The highest BCUT2D eigenvalue weighted by Gasteiger charge is 2.33. The molecular formula is C20H22FNO3S. The molecule has 1 aliphatic carbocycles. The van der Waals surface area contributed by atoms with Crippen LogP contribution in [0, 0.1) is 5.82 Å². The number of hydrogen-bond donors (Lipinski definition) is 0. The Bertz CT molecular complexity index is 903. The standard InChI is InChI=1S/C20H22FNO3S/c1-14(2)26(24,25)18-11-7-15(8-12-18)20(23)22(17-9-10-17)13-16-5-3-4-6-19(16)21/h3-8,11-12,14,17H,9-10,13H2,1-2H3. The van der Waals surface area contributed by atoms with Crippen LogP contribution in [0.4, 0.5) is 4.39 Å². The first kappa shape index (κ1) is 18.6. The zero-order chi connectivity index (χ0) is 18.9. The normalized spacial score (nSPS) is 14.5. The topological polar surface area (TPSA) is 54.5 Å². The van der Waals surface area contributed by atoms with Crippen molar-refractivity contribution in [3.63, 3.8) is 0 Å². The molecule has 3 rings (SSSR count). The van der Waals surface area contributed by atoms with Crippen LogP contribution in [0.15, 0.2) is 53.4 Å². The lowest BCUT2D eigenvalue weighted by Gasteiger charge is -2.23. The molecule has 4 nitrogen and oxygen atoms in total. The second kappa shape index (κ2) is 7.19. The molecule has 0 saturated heterocycles. The van der Waals surface area contributed by atoms with Gasteiger partial charge in [0, 0.05) is 23.7 Å². The van der Waals surface area contributed by atoms with Crippen LogP contribution in [0.3, 0.4) is 0 Å². The third kappa shape index (κ3) is 3.80. The summed E-state index contributed by atoms with van der Waals surface area (Å²) >= 11 is 0. The Morgan fingerprint density at radius 3 is 2.27 bits per heavy atom. The molecule has 0 N–H and O–H groups in total. The van der Waals surface area contributed by atoms with Crippen molar-refractivity contribution in [1.82, 2.24) is 4.90 Å². The van der Waals surface area contributed by atoms with Crippen molar-refractivity contribution in [3.05, 3.63) is 65.5 Å². The predicted molar refractivity (Wildman–Crippen MR) is 98.1 cm³/mol. The van der Waals surface area contributed by atoms with Gasteiger partial charge < -0.3 is 4.90 Å². The maximum Gasteiger partial charge on any atom is 0.254 e. The molecule has 2 aromatic rings. The number of hydrogen-bond acceptors (Lipinski definition) is 3. The lowest BCUT2D eigenvalue weighted by molar-refractivity contribution is 0.0728. The van der Waals surface area contributed by atoms with E-state index in [-0.39, 0.29) is 29.2 Å². The molecule has 1 saturated carbocycles. The molecule has 1 fully saturated rings. The predicted octanol–water partition coefficient (Wildman–Crippen LogP) is 3.81. The van der Waals surface area contributed by atoms with E-state index in [0.29, 0.717) is 11.1 Å². The largest absolute Gasteiger partial charge is 0.331 e. The van der Waals surface area contributed by atoms with E-state index in [1.807, 2.05) is 0 Å². The van der Waals surface area contributed by atoms with E-state index in [9.17, 15) is 17.6 Å². The molecule has 6 heteroatoms. The fourth-order valence-electron chi connectivity index (χ4n) is 2.79. The van der Waals surface area contributed by atoms with E-state index in [1.54, 1.807) is 36.9 Å². The number of sulfone groups is 1. The van der Waals surface area contributed by atoms with Gasteiger partial charge in [-0.15, -0.1) is 0 Å². The minimum absolute atomic E-state index is 0.112. The average molecular weight is 375 g/mol. The molecule has 0 spiro atoms. The minimum Gasteiger partial charge on any atom is -0.331 e. The van der Waals surface area contributed by atoms with Gasteiger partial charge in [0.25, 0.3) is 5.91 Å². The number of carbonyl (C=O) groups excluding carboxylic acids is 1. The first-order valence-electron chi connectivity index (χ1n) is 8.69. The molecule has 0 bridgehead atoms. The number of benzene rings is 2. The maximum atomic E-state index is 14.0. The number of nitrogens with zero attached hydrogens (tertiary/aromatic N) is 1. The van der Waals surface area contributed by atoms with Crippen molar-refractivity contribution in [2.24, 2.45) is 0 Å². The van der Waals surface area contributed by atoms with Crippen molar-refractivity contribution in [3.8, 4) is 0 Å². The van der Waals surface area contributed by atoms with Crippen molar-refractivity contribution in [2.75, 3.05) is 0 Å². The molecule has 1 amide bonds. The molecule has 0 aliphatic heterocycles. The van der Waals surface area contributed by atoms with Crippen LogP contribution in [0.25, 0.3) is 0 Å². The Hall–Kier alpha value is -2.21. The molecule has 0 radical (unpaired) electrons. The summed E-state index contributed by atoms with van der Waals surface area (Å²) in [6, 6.07) is 12.6. The molecule has 26 heavy (non-hydrogen) atoms. The Balaban J connectivity index is 1.83.